The number of nitrogen functional groups attached to an aromatic ring is 2. The molecule has 0 radical (unpaired) electrons. The molecule has 19 heavy (non-hydrogen) atoms. The van der Waals surface area contributed by atoms with E-state index in [-0.39, 0.29) is 27.9 Å². The van der Waals surface area contributed by atoms with E-state index in [9.17, 15) is 9.18 Å². The number of aromatic nitrogens is 2. The number of halogens is 2. The summed E-state index contributed by atoms with van der Waals surface area (Å²) < 4.78 is 13.3. The SMILES string of the molecule is Nc1cc(Cl)c(F)cc1NC(=O)c1nccnc1N. The van der Waals surface area contributed by atoms with Gasteiger partial charge in [0.25, 0.3) is 5.91 Å². The molecule has 1 aromatic heterocycles. The smallest absolute Gasteiger partial charge is 0.278 e. The molecule has 2 rings (SSSR count). The van der Waals surface area contributed by atoms with Gasteiger partial charge in [-0.2, -0.15) is 0 Å². The van der Waals surface area contributed by atoms with Crippen molar-refractivity contribution in [2.45, 2.75) is 0 Å². The Bertz CT molecular complexity index is 649. The highest BCUT2D eigenvalue weighted by Crippen LogP contribution is 2.26. The number of nitrogens with two attached hydrogens (primary N) is 2. The maximum absolute atomic E-state index is 13.3. The van der Waals surface area contributed by atoms with Crippen molar-refractivity contribution in [2.24, 2.45) is 0 Å². The molecule has 8 heteroatoms. The molecule has 6 nitrogen and oxygen atoms in total. The van der Waals surface area contributed by atoms with Gasteiger partial charge in [0, 0.05) is 18.5 Å². The van der Waals surface area contributed by atoms with Crippen LogP contribution in [0, 0.1) is 5.82 Å². The summed E-state index contributed by atoms with van der Waals surface area (Å²) in [4.78, 5) is 19.4. The molecule has 0 fully saturated rings. The third-order valence-corrected chi connectivity index (χ3v) is 2.57. The monoisotopic (exact) mass is 281 g/mol. The van der Waals surface area contributed by atoms with Gasteiger partial charge in [-0.15, -0.1) is 0 Å². The van der Waals surface area contributed by atoms with Gasteiger partial charge < -0.3 is 16.8 Å². The highest BCUT2D eigenvalue weighted by atomic mass is 35.5. The molecule has 5 N–H and O–H groups in total. The fourth-order valence-corrected chi connectivity index (χ4v) is 1.55. The van der Waals surface area contributed by atoms with Crippen LogP contribution in [-0.2, 0) is 0 Å². The van der Waals surface area contributed by atoms with Crippen LogP contribution in [0.2, 0.25) is 5.02 Å². The second-order valence-electron chi connectivity index (χ2n) is 3.60. The summed E-state index contributed by atoms with van der Waals surface area (Å²) in [5, 5.41) is 2.26. The molecule has 0 saturated heterocycles. The van der Waals surface area contributed by atoms with Gasteiger partial charge in [-0.05, 0) is 6.07 Å². The van der Waals surface area contributed by atoms with Crippen molar-refractivity contribution < 1.29 is 9.18 Å². The lowest BCUT2D eigenvalue weighted by Gasteiger charge is -2.09. The lowest BCUT2D eigenvalue weighted by molar-refractivity contribution is 0.102. The van der Waals surface area contributed by atoms with Crippen molar-refractivity contribution in [3.05, 3.63) is 41.1 Å². The topological polar surface area (TPSA) is 107 Å². The zero-order valence-corrected chi connectivity index (χ0v) is 10.3. The minimum Gasteiger partial charge on any atom is -0.397 e. The van der Waals surface area contributed by atoms with Crippen molar-refractivity contribution in [3.8, 4) is 0 Å². The number of carbonyl (C=O) groups is 1. The Morgan fingerprint density at radius 2 is 1.95 bits per heavy atom. The zero-order valence-electron chi connectivity index (χ0n) is 9.52. The summed E-state index contributed by atoms with van der Waals surface area (Å²) in [7, 11) is 0. The number of amides is 1. The van der Waals surface area contributed by atoms with Gasteiger partial charge in [0.05, 0.1) is 16.4 Å². The Balaban J connectivity index is 2.30. The zero-order chi connectivity index (χ0) is 14.0. The first-order valence-electron chi connectivity index (χ1n) is 5.11. The van der Waals surface area contributed by atoms with Gasteiger partial charge >= 0.3 is 0 Å². The van der Waals surface area contributed by atoms with Crippen LogP contribution in [0.15, 0.2) is 24.5 Å². The Labute approximate surface area is 112 Å². The van der Waals surface area contributed by atoms with Crippen LogP contribution in [0.1, 0.15) is 10.5 Å². The van der Waals surface area contributed by atoms with E-state index in [1.807, 2.05) is 0 Å². The molecule has 0 bridgehead atoms. The summed E-state index contributed by atoms with van der Waals surface area (Å²) in [6.07, 6.45) is 2.67. The van der Waals surface area contributed by atoms with Gasteiger partial charge in [-0.25, -0.2) is 14.4 Å². The van der Waals surface area contributed by atoms with E-state index in [2.05, 4.69) is 15.3 Å². The van der Waals surface area contributed by atoms with Crippen LogP contribution in [0.25, 0.3) is 0 Å². The summed E-state index contributed by atoms with van der Waals surface area (Å²) in [6.45, 7) is 0. The maximum Gasteiger partial charge on any atom is 0.278 e. The number of rotatable bonds is 2. The largest absolute Gasteiger partial charge is 0.397 e. The van der Waals surface area contributed by atoms with E-state index in [0.717, 1.165) is 6.07 Å². The van der Waals surface area contributed by atoms with Crippen molar-refractivity contribution in [1.29, 1.82) is 0 Å². The molecule has 0 spiro atoms. The third-order valence-electron chi connectivity index (χ3n) is 2.28. The molecule has 0 saturated carbocycles. The average molecular weight is 282 g/mol. The number of hydrogen-bond acceptors (Lipinski definition) is 5. The molecule has 1 heterocycles. The molecule has 1 aromatic carbocycles. The van der Waals surface area contributed by atoms with Crippen LogP contribution < -0.4 is 16.8 Å². The van der Waals surface area contributed by atoms with E-state index in [4.69, 9.17) is 23.1 Å². The lowest BCUT2D eigenvalue weighted by atomic mass is 10.2. The van der Waals surface area contributed by atoms with Crippen LogP contribution in [0.5, 0.6) is 0 Å². The molecular formula is C11H9ClFN5O. The molecular weight excluding hydrogens is 273 g/mol. The second-order valence-corrected chi connectivity index (χ2v) is 4.01. The number of carbonyl (C=O) groups excluding carboxylic acids is 1. The minimum absolute atomic E-state index is 0.0343. The van der Waals surface area contributed by atoms with Gasteiger partial charge in [-0.3, -0.25) is 4.79 Å². The fraction of sp³-hybridized carbons (Fsp3) is 0. The number of anilines is 3. The molecule has 0 aliphatic rings. The number of nitrogens with one attached hydrogen (secondary N) is 1. The third kappa shape index (κ3) is 2.71. The average Bonchev–Trinajstić information content (AvgIpc) is 2.36. The number of benzene rings is 1. The van der Waals surface area contributed by atoms with Crippen molar-refractivity contribution in [3.63, 3.8) is 0 Å². The Morgan fingerprint density at radius 1 is 1.26 bits per heavy atom. The predicted octanol–water partition coefficient (Wildman–Crippen LogP) is 1.69. The minimum atomic E-state index is -0.696. The lowest BCUT2D eigenvalue weighted by Crippen LogP contribution is -2.17. The highest BCUT2D eigenvalue weighted by molar-refractivity contribution is 6.31. The molecule has 0 aliphatic heterocycles. The molecule has 2 aromatic rings. The summed E-state index contributed by atoms with van der Waals surface area (Å²) in [6, 6.07) is 2.22. The van der Waals surface area contributed by atoms with Gasteiger partial charge in [-0.1, -0.05) is 11.6 Å². The first kappa shape index (κ1) is 13.0. The Kier molecular flexibility index (Phi) is 3.48. The predicted molar refractivity (Wildman–Crippen MR) is 70.2 cm³/mol. The second kappa shape index (κ2) is 5.07. The van der Waals surface area contributed by atoms with Gasteiger partial charge in [0.15, 0.2) is 11.5 Å². The van der Waals surface area contributed by atoms with Gasteiger partial charge in [0.1, 0.15) is 5.82 Å². The number of nitrogens with zero attached hydrogens (tertiary/aromatic N) is 2. The van der Waals surface area contributed by atoms with Crippen LogP contribution in [0.3, 0.4) is 0 Å². The maximum atomic E-state index is 13.3. The summed E-state index contributed by atoms with van der Waals surface area (Å²) in [5.41, 5.74) is 11.3. The van der Waals surface area contributed by atoms with Crippen LogP contribution >= 0.6 is 11.6 Å². The summed E-state index contributed by atoms with van der Waals surface area (Å²) >= 11 is 5.55. The van der Waals surface area contributed by atoms with Gasteiger partial charge in [0.2, 0.25) is 0 Å². The fourth-order valence-electron chi connectivity index (χ4n) is 1.38. The van der Waals surface area contributed by atoms with E-state index in [1.165, 1.54) is 18.5 Å². The normalized spacial score (nSPS) is 10.2. The highest BCUT2D eigenvalue weighted by Gasteiger charge is 2.14. The Hall–Kier alpha value is -2.41. The molecule has 1 amide bonds. The first-order chi connectivity index (χ1) is 8.99. The molecule has 0 unspecified atom stereocenters. The number of hydrogen-bond donors (Lipinski definition) is 3. The van der Waals surface area contributed by atoms with Crippen molar-refractivity contribution in [2.75, 3.05) is 16.8 Å². The van der Waals surface area contributed by atoms with E-state index in [1.54, 1.807) is 0 Å². The molecule has 0 atom stereocenters. The first-order valence-corrected chi connectivity index (χ1v) is 5.49. The standard InChI is InChI=1S/C11H9ClFN5O/c12-5-3-7(14)8(4-6(5)13)18-11(19)9-10(15)17-2-1-16-9/h1-4H,14H2,(H2,15,17)(H,18,19). The summed E-state index contributed by atoms with van der Waals surface area (Å²) in [5.74, 6) is -1.37. The quantitative estimate of drug-likeness (QED) is 0.726. The van der Waals surface area contributed by atoms with Crippen LogP contribution in [0.4, 0.5) is 21.6 Å². The molecule has 98 valence electrons. The van der Waals surface area contributed by atoms with E-state index >= 15 is 0 Å². The Morgan fingerprint density at radius 3 is 2.63 bits per heavy atom. The van der Waals surface area contributed by atoms with Crippen LogP contribution in [-0.4, -0.2) is 15.9 Å². The van der Waals surface area contributed by atoms with E-state index in [0.29, 0.717) is 0 Å². The van der Waals surface area contributed by atoms with Crippen molar-refractivity contribution in [1.82, 2.24) is 9.97 Å². The van der Waals surface area contributed by atoms with E-state index < -0.39 is 11.7 Å². The van der Waals surface area contributed by atoms with Crippen molar-refractivity contribution >= 4 is 34.7 Å². The molecule has 0 aliphatic carbocycles.